The van der Waals surface area contributed by atoms with Crippen molar-refractivity contribution in [3.8, 4) is 0 Å². The van der Waals surface area contributed by atoms with Gasteiger partial charge in [0, 0.05) is 32.7 Å². The third-order valence-electron chi connectivity index (χ3n) is 3.17. The summed E-state index contributed by atoms with van der Waals surface area (Å²) >= 11 is 0. The first-order chi connectivity index (χ1) is 8.17. The topological polar surface area (TPSA) is 47.0 Å². The monoisotopic (exact) mass is 243 g/mol. The average Bonchev–Trinajstić information content (AvgIpc) is 2.30. The van der Waals surface area contributed by atoms with Crippen LogP contribution in [0.5, 0.6) is 0 Å². The quantitative estimate of drug-likeness (QED) is 0.681. The fourth-order valence-electron chi connectivity index (χ4n) is 2.07. The third-order valence-corrected chi connectivity index (χ3v) is 3.17. The Morgan fingerprint density at radius 2 is 1.88 bits per heavy atom. The summed E-state index contributed by atoms with van der Waals surface area (Å²) < 4.78 is 0. The van der Waals surface area contributed by atoms with E-state index in [0.717, 1.165) is 39.1 Å². The highest BCUT2D eigenvalue weighted by molar-refractivity contribution is 5.78. The van der Waals surface area contributed by atoms with Gasteiger partial charge in [0.1, 0.15) is 0 Å². The van der Waals surface area contributed by atoms with Crippen molar-refractivity contribution in [3.63, 3.8) is 0 Å². The summed E-state index contributed by atoms with van der Waals surface area (Å²) in [5.74, 6) is 0.194. The lowest BCUT2D eigenvalue weighted by atomic mass is 10.3. The van der Waals surface area contributed by atoms with Crippen molar-refractivity contribution in [1.29, 1.82) is 0 Å². The van der Waals surface area contributed by atoms with Crippen LogP contribution in [0.1, 0.15) is 13.3 Å². The van der Waals surface area contributed by atoms with Crippen LogP contribution >= 0.6 is 0 Å². The fourth-order valence-corrected chi connectivity index (χ4v) is 2.07. The number of nitrogens with zero attached hydrogens (tertiary/aromatic N) is 3. The molecular weight excluding hydrogens is 218 g/mol. The van der Waals surface area contributed by atoms with Gasteiger partial charge >= 0.3 is 0 Å². The molecule has 0 aromatic rings. The number of piperazine rings is 1. The van der Waals surface area contributed by atoms with Crippen molar-refractivity contribution < 1.29 is 9.90 Å². The van der Waals surface area contributed by atoms with Gasteiger partial charge in [0.2, 0.25) is 5.91 Å². The summed E-state index contributed by atoms with van der Waals surface area (Å²) in [6.07, 6.45) is 1.01. The fraction of sp³-hybridized carbons (Fsp3) is 0.917. The summed E-state index contributed by atoms with van der Waals surface area (Å²) in [6.45, 7) is 7.69. The van der Waals surface area contributed by atoms with Crippen LogP contribution in [0.4, 0.5) is 0 Å². The van der Waals surface area contributed by atoms with E-state index < -0.39 is 0 Å². The number of amides is 1. The molecule has 1 aliphatic heterocycles. The van der Waals surface area contributed by atoms with Crippen LogP contribution in [-0.4, -0.2) is 85.2 Å². The number of carbonyl (C=O) groups excluding carboxylic acids is 1. The van der Waals surface area contributed by atoms with Gasteiger partial charge in [-0.15, -0.1) is 0 Å². The number of aliphatic hydroxyl groups is 1. The Morgan fingerprint density at radius 1 is 1.24 bits per heavy atom. The third kappa shape index (κ3) is 5.02. The Kier molecular flexibility index (Phi) is 6.47. The molecule has 17 heavy (non-hydrogen) atoms. The SMILES string of the molecule is CCCN(CCO)CC(=O)N1CCN(C)CC1. The second kappa shape index (κ2) is 7.63. The molecule has 100 valence electrons. The van der Waals surface area contributed by atoms with Crippen LogP contribution in [0.2, 0.25) is 0 Å². The number of hydrogen-bond donors (Lipinski definition) is 1. The van der Waals surface area contributed by atoms with Crippen molar-refractivity contribution in [1.82, 2.24) is 14.7 Å². The van der Waals surface area contributed by atoms with Gasteiger partial charge in [-0.1, -0.05) is 6.92 Å². The van der Waals surface area contributed by atoms with Crippen LogP contribution in [0, 0.1) is 0 Å². The molecule has 5 nitrogen and oxygen atoms in total. The molecule has 1 amide bonds. The van der Waals surface area contributed by atoms with Crippen LogP contribution in [0.15, 0.2) is 0 Å². The number of hydrogen-bond acceptors (Lipinski definition) is 4. The molecule has 0 aliphatic carbocycles. The van der Waals surface area contributed by atoms with Crippen molar-refractivity contribution >= 4 is 5.91 Å². The second-order valence-electron chi connectivity index (χ2n) is 4.68. The van der Waals surface area contributed by atoms with E-state index in [1.165, 1.54) is 0 Å². The zero-order chi connectivity index (χ0) is 12.7. The first-order valence-electron chi connectivity index (χ1n) is 6.47. The van der Waals surface area contributed by atoms with E-state index >= 15 is 0 Å². The van der Waals surface area contributed by atoms with E-state index in [1.807, 2.05) is 9.80 Å². The highest BCUT2D eigenvalue weighted by atomic mass is 16.3. The largest absolute Gasteiger partial charge is 0.395 e. The molecule has 0 saturated carbocycles. The van der Waals surface area contributed by atoms with Crippen LogP contribution in [0.25, 0.3) is 0 Å². The lowest BCUT2D eigenvalue weighted by molar-refractivity contribution is -0.134. The van der Waals surface area contributed by atoms with Crippen LogP contribution in [0.3, 0.4) is 0 Å². The molecule has 1 rings (SSSR count). The normalized spacial score (nSPS) is 17.8. The van der Waals surface area contributed by atoms with Gasteiger partial charge in [0.05, 0.1) is 13.2 Å². The van der Waals surface area contributed by atoms with Crippen LogP contribution in [-0.2, 0) is 4.79 Å². The Balaban J connectivity index is 2.35. The van der Waals surface area contributed by atoms with Crippen molar-refractivity contribution in [2.45, 2.75) is 13.3 Å². The second-order valence-corrected chi connectivity index (χ2v) is 4.68. The zero-order valence-electron chi connectivity index (χ0n) is 11.1. The Hall–Kier alpha value is -0.650. The molecule has 0 unspecified atom stereocenters. The zero-order valence-corrected chi connectivity index (χ0v) is 11.1. The van der Waals surface area contributed by atoms with E-state index in [9.17, 15) is 4.79 Å². The molecule has 0 atom stereocenters. The van der Waals surface area contributed by atoms with E-state index in [1.54, 1.807) is 0 Å². The Morgan fingerprint density at radius 3 is 2.41 bits per heavy atom. The average molecular weight is 243 g/mol. The molecule has 0 radical (unpaired) electrons. The molecule has 1 saturated heterocycles. The number of aliphatic hydroxyl groups excluding tert-OH is 1. The van der Waals surface area contributed by atoms with Gasteiger partial charge in [0.15, 0.2) is 0 Å². The highest BCUT2D eigenvalue weighted by Gasteiger charge is 2.20. The molecule has 0 bridgehead atoms. The van der Waals surface area contributed by atoms with Gasteiger partial charge in [-0.3, -0.25) is 9.69 Å². The van der Waals surface area contributed by atoms with Gasteiger partial charge in [-0.2, -0.15) is 0 Å². The lowest BCUT2D eigenvalue weighted by Crippen LogP contribution is -2.50. The maximum atomic E-state index is 12.0. The van der Waals surface area contributed by atoms with E-state index in [4.69, 9.17) is 5.11 Å². The standard InChI is InChI=1S/C12H25N3O2/c1-3-4-14(9-10-16)11-12(17)15-7-5-13(2)6-8-15/h16H,3-11H2,1-2H3. The minimum Gasteiger partial charge on any atom is -0.395 e. The predicted molar refractivity (Wildman–Crippen MR) is 67.9 cm³/mol. The Labute approximate surface area is 104 Å². The maximum Gasteiger partial charge on any atom is 0.236 e. The predicted octanol–water partition coefficient (Wildman–Crippen LogP) is -0.535. The minimum atomic E-state index is 0.121. The van der Waals surface area contributed by atoms with E-state index in [2.05, 4.69) is 18.9 Å². The first kappa shape index (κ1) is 14.4. The number of carbonyl (C=O) groups is 1. The molecule has 0 aromatic heterocycles. The van der Waals surface area contributed by atoms with Crippen LogP contribution < -0.4 is 0 Å². The molecule has 1 heterocycles. The smallest absolute Gasteiger partial charge is 0.236 e. The van der Waals surface area contributed by atoms with E-state index in [-0.39, 0.29) is 12.5 Å². The summed E-state index contributed by atoms with van der Waals surface area (Å²) in [5.41, 5.74) is 0. The summed E-state index contributed by atoms with van der Waals surface area (Å²) in [7, 11) is 2.08. The molecule has 1 N–H and O–H groups in total. The summed E-state index contributed by atoms with van der Waals surface area (Å²) in [4.78, 5) is 18.2. The molecule has 5 heteroatoms. The highest BCUT2D eigenvalue weighted by Crippen LogP contribution is 2.01. The maximum absolute atomic E-state index is 12.0. The van der Waals surface area contributed by atoms with Crippen molar-refractivity contribution in [2.24, 2.45) is 0 Å². The molecule has 1 aliphatic rings. The van der Waals surface area contributed by atoms with Gasteiger partial charge in [-0.05, 0) is 20.0 Å². The number of likely N-dealkylation sites (N-methyl/N-ethyl adjacent to an activating group) is 1. The molecule has 1 fully saturated rings. The molecule has 0 spiro atoms. The minimum absolute atomic E-state index is 0.121. The molecule has 0 aromatic carbocycles. The molecular formula is C12H25N3O2. The van der Waals surface area contributed by atoms with Gasteiger partial charge < -0.3 is 14.9 Å². The van der Waals surface area contributed by atoms with E-state index in [0.29, 0.717) is 13.1 Å². The lowest BCUT2D eigenvalue weighted by Gasteiger charge is -2.33. The first-order valence-corrected chi connectivity index (χ1v) is 6.47. The van der Waals surface area contributed by atoms with Gasteiger partial charge in [0.25, 0.3) is 0 Å². The number of rotatable bonds is 6. The van der Waals surface area contributed by atoms with Gasteiger partial charge in [-0.25, -0.2) is 0 Å². The summed E-state index contributed by atoms with van der Waals surface area (Å²) in [5, 5.41) is 8.95. The Bertz CT molecular complexity index is 222. The van der Waals surface area contributed by atoms with Crippen molar-refractivity contribution in [2.75, 3.05) is 59.5 Å². The summed E-state index contributed by atoms with van der Waals surface area (Å²) in [6, 6.07) is 0. The van der Waals surface area contributed by atoms with Crippen molar-refractivity contribution in [3.05, 3.63) is 0 Å².